The third kappa shape index (κ3) is 16.1. The van der Waals surface area contributed by atoms with Crippen LogP contribution in [0.25, 0.3) is 71.7 Å². The van der Waals surface area contributed by atoms with Gasteiger partial charge in [0.2, 0.25) is 5.36 Å². The summed E-state index contributed by atoms with van der Waals surface area (Å²) < 4.78 is 27.0. The molecule has 0 unspecified atom stereocenters. The first-order valence-electron chi connectivity index (χ1n) is 37.0. The summed E-state index contributed by atoms with van der Waals surface area (Å²) in [7, 11) is 22.3. The minimum absolute atomic E-state index is 0. The highest BCUT2D eigenvalue weighted by atomic mass is 33.5. The summed E-state index contributed by atoms with van der Waals surface area (Å²) >= 11 is 9.43. The molecule has 16 nitrogen and oxygen atoms in total. The van der Waals surface area contributed by atoms with Crippen LogP contribution in [0, 0.1) is 17.9 Å². The van der Waals surface area contributed by atoms with Gasteiger partial charge in [0.1, 0.15) is 47.1 Å². The number of rotatable bonds is 8. The molecule has 3 aliphatic carbocycles. The van der Waals surface area contributed by atoms with Crippen molar-refractivity contribution in [3.8, 4) is 33.9 Å². The molecule has 0 aromatic heterocycles. The van der Waals surface area contributed by atoms with Gasteiger partial charge >= 0.3 is 11.7 Å². The number of nitrogens with zero attached hydrogens (tertiary/aromatic N) is 8. The third-order valence-electron chi connectivity index (χ3n) is 22.0. The molecule has 6 saturated heterocycles. The Morgan fingerprint density at radius 2 is 0.930 bits per heavy atom. The molecule has 6 fully saturated rings. The molecule has 9 aliphatic heterocycles. The number of carbonyl (C=O) groups is 2. The van der Waals surface area contributed by atoms with Crippen molar-refractivity contribution in [1.82, 2.24) is 4.58 Å². The molecule has 0 saturated carbocycles. The Hall–Kier alpha value is -7.98. The number of benzene rings is 9. The van der Waals surface area contributed by atoms with Crippen LogP contribution in [0.3, 0.4) is 0 Å². The van der Waals surface area contributed by atoms with Gasteiger partial charge < -0.3 is 60.9 Å². The summed E-state index contributed by atoms with van der Waals surface area (Å²) in [6.45, 7) is 12.8. The number of methoxy groups -OCH3 is 1. The zero-order valence-corrected chi connectivity index (χ0v) is 73.8. The highest BCUT2D eigenvalue weighted by Gasteiger charge is 2.62. The smallest absolute Gasteiger partial charge is 0.358 e. The summed E-state index contributed by atoms with van der Waals surface area (Å²) in [5.41, 5.74) is 24.9. The maximum atomic E-state index is 13.5. The molecular weight excluding hydrogens is 1700 g/mol. The molecule has 0 radical (unpaired) electrons. The maximum Gasteiger partial charge on any atom is 0.358 e. The second-order valence-electron chi connectivity index (χ2n) is 27.7. The number of fused-ring (bicyclic) bond motifs is 14. The molecule has 1 N–H and O–H groups in total. The van der Waals surface area contributed by atoms with E-state index in [1.807, 2.05) is 72.8 Å². The predicted molar refractivity (Wildman–Crippen MR) is 500 cm³/mol. The molecule has 1 spiro atoms. The van der Waals surface area contributed by atoms with Crippen LogP contribution in [-0.2, 0) is 150 Å². The van der Waals surface area contributed by atoms with Gasteiger partial charge in [-0.25, -0.2) is 4.58 Å². The van der Waals surface area contributed by atoms with Crippen LogP contribution in [0.1, 0.15) is 71.1 Å². The van der Waals surface area contributed by atoms with E-state index >= 15 is 0 Å². The molecule has 0 atom stereocenters. The van der Waals surface area contributed by atoms with E-state index in [-0.39, 0.29) is 36.7 Å². The van der Waals surface area contributed by atoms with E-state index in [1.54, 1.807) is 88.8 Å². The molecule has 8 aromatic rings. The standard InChI is InChI=1S/C28H27N2O3.C27H22N4O2.C27H22N2O2.CH4O.CH3.S14/c1-32-27(31)16-19-6-2-3-7-22(19)28-23-10-8-20(29-12-4-13-29)17-25(23)33-26-18-21(9-11-24(26)28)30-14-5-15-30;28-29-26-25(32)19-5-1-2-6-20(19)27(26)21-9-7-17(30-11-3-12-30)15-23(21)33-24-16-18(8-10-22(24)27)31-13-4-14-31;30-27-20-6-2-1-5-19(20)25-21-9-7-17(28-11-3-12-28)15-23(21)31-24-16-18(29-13-4-14-29)8-10-22(24)26(25)27;1-2;;1-3-5-7-9-11-13-14-12-10-8-6-4-2/h2-3,6-11,17-18H,4-5,12-16H2,1H3;1-2,5-10,15-16H,3-4,11-14H2;1-2,5-10,15-16H,3-4,11-14H2;2H,1H3;1H3;/q+1;;;;-1;. The second kappa shape index (κ2) is 37.1. The number of esters is 1. The summed E-state index contributed by atoms with van der Waals surface area (Å²) in [6.07, 6.45) is 7.54. The normalized spacial score (nSPS) is 15.4. The Morgan fingerprint density at radius 3 is 1.41 bits per heavy atom. The fourth-order valence-electron chi connectivity index (χ4n) is 15.8. The average molecular weight is 1780 g/mol. The Morgan fingerprint density at radius 1 is 0.482 bits per heavy atom. The van der Waals surface area contributed by atoms with Gasteiger partial charge in [-0.1, -0.05) is 84.9 Å². The second-order valence-corrected chi connectivity index (χ2v) is 49.0. The summed E-state index contributed by atoms with van der Waals surface area (Å²) in [5.74, 6) is 1.80. The molecule has 586 valence electrons. The predicted octanol–water partition coefficient (Wildman–Crippen LogP) is 14.0. The van der Waals surface area contributed by atoms with Crippen molar-refractivity contribution in [1.29, 1.82) is 0 Å². The lowest BCUT2D eigenvalue weighted by molar-refractivity contribution is -0.139. The molecule has 114 heavy (non-hydrogen) atoms. The van der Waals surface area contributed by atoms with E-state index in [0.717, 1.165) is 202 Å². The van der Waals surface area contributed by atoms with Crippen LogP contribution in [0.2, 0.25) is 0 Å². The van der Waals surface area contributed by atoms with Crippen molar-refractivity contribution in [2.45, 2.75) is 50.4 Å². The first-order chi connectivity index (χ1) is 55.6. The Labute approximate surface area is 704 Å². The van der Waals surface area contributed by atoms with Gasteiger partial charge in [-0.2, -0.15) is 4.79 Å². The maximum absolute atomic E-state index is 13.5. The van der Waals surface area contributed by atoms with E-state index in [0.29, 0.717) is 17.1 Å². The van der Waals surface area contributed by atoms with Crippen LogP contribution in [-0.4, -0.2) is 120 Å². The minimum atomic E-state index is -1.01. The number of aliphatic hydroxyl groups excluding tert-OH is 1. The molecule has 0 bridgehead atoms. The number of carbonyl (C=O) groups excluding carboxylic acids is 2. The molecule has 12 aliphatic rings. The molecule has 0 amide bonds. The van der Waals surface area contributed by atoms with E-state index in [1.165, 1.54) is 80.1 Å². The number of aliphatic hydroxyl groups is 1. The lowest BCUT2D eigenvalue weighted by atomic mass is 9.67. The van der Waals surface area contributed by atoms with Crippen molar-refractivity contribution >= 4 is 219 Å². The van der Waals surface area contributed by atoms with Crippen molar-refractivity contribution < 1.29 is 37.8 Å². The van der Waals surface area contributed by atoms with Gasteiger partial charge in [-0.15, -0.1) is 0 Å². The lowest BCUT2D eigenvalue weighted by Crippen LogP contribution is -2.41. The highest BCUT2D eigenvalue weighted by molar-refractivity contribution is 8.76. The Kier molecular flexibility index (Phi) is 26.4. The number of Topliss-reactive ketones (excluding diaryl/α,β-unsaturated/α-hetero) is 1. The van der Waals surface area contributed by atoms with Crippen LogP contribution >= 0.6 is 0 Å². The van der Waals surface area contributed by atoms with Crippen molar-refractivity contribution in [3.05, 3.63) is 249 Å². The fourth-order valence-corrected chi connectivity index (χ4v) is 43.2. The molecule has 8 aromatic carbocycles. The molecule has 20 rings (SSSR count). The quantitative estimate of drug-likeness (QED) is 0.0380. The zero-order chi connectivity index (χ0) is 77.5. The molecular formula is C84H78N8O8S14. The van der Waals surface area contributed by atoms with Crippen molar-refractivity contribution in [2.75, 3.05) is 117 Å². The van der Waals surface area contributed by atoms with Crippen LogP contribution in [0.5, 0.6) is 11.5 Å². The first-order valence-corrected chi connectivity index (χ1v) is 54.3. The van der Waals surface area contributed by atoms with Gasteiger partial charge in [-0.05, 0) is 109 Å². The topological polar surface area (TPSA) is 172 Å². The minimum Gasteiger partial charge on any atom is -0.469 e. The van der Waals surface area contributed by atoms with Crippen molar-refractivity contribution in [3.63, 3.8) is 0 Å². The van der Waals surface area contributed by atoms with E-state index < -0.39 is 5.41 Å². The van der Waals surface area contributed by atoms with Crippen LogP contribution < -0.4 is 44.6 Å². The average Bonchev–Trinajstić information content (AvgIpc) is 1.49. The Bertz CT molecular complexity index is 6570. The summed E-state index contributed by atoms with van der Waals surface area (Å²) in [5, 5.41) is 14.7. The van der Waals surface area contributed by atoms with Gasteiger partial charge in [0.05, 0.1) is 26.0 Å². The fraction of sp³-hybridized carbons (Fsp3) is 0.262. The Balaban J connectivity index is 0.000000123. The summed E-state index contributed by atoms with van der Waals surface area (Å²) in [4.78, 5) is 54.5. The number of ketones is 1. The van der Waals surface area contributed by atoms with Gasteiger partial charge in [-0.3, -0.25) is 14.4 Å². The van der Waals surface area contributed by atoms with Gasteiger partial charge in [0.15, 0.2) is 10.8 Å². The number of hydrogen-bond donors (Lipinski definition) is 1. The first kappa shape index (κ1) is 81.2. The van der Waals surface area contributed by atoms with Crippen LogP contribution in [0.15, 0.2) is 196 Å². The zero-order valence-electron chi connectivity index (χ0n) is 62.4. The monoisotopic (exact) mass is 1770 g/mol. The molecule has 30 heteroatoms. The van der Waals surface area contributed by atoms with Gasteiger partial charge in [0.25, 0.3) is 5.78 Å². The van der Waals surface area contributed by atoms with Crippen molar-refractivity contribution in [2.24, 2.45) is 0 Å². The van der Waals surface area contributed by atoms with Crippen LogP contribution in [0.4, 0.5) is 28.4 Å². The van der Waals surface area contributed by atoms with Gasteiger partial charge in [0, 0.05) is 326 Å². The largest absolute Gasteiger partial charge is 0.469 e. The van der Waals surface area contributed by atoms with E-state index in [4.69, 9.17) is 45.8 Å². The SMILES string of the molecule is CO.COC(=O)Cc1ccccc1-c1c2ccc(=[N+]3CCC3)cc-2oc2cc(N3CCC3)ccc12.O=c1c2c3ccc(N4CCC4)cc3oc3cc(N4CCC4)ccc3c=2c2ccccc12.S=S=S=S=S=S=S=S=S=S=S=S=S=S.[CH3-].[N-]=[N+]=C1C(=O)c2ccccc2C12c1ccc(N3CCC3)cc1Oc1cc(N3CCC3)ccc12. The third-order valence-corrected chi connectivity index (χ3v) is 46.4. The number of ether oxygens (including phenoxy) is 2. The van der Waals surface area contributed by atoms with E-state index in [2.05, 4.69) is 143 Å². The summed E-state index contributed by atoms with van der Waals surface area (Å²) in [6, 6.07) is 61.8. The highest BCUT2D eigenvalue weighted by Crippen LogP contribution is 2.57. The molecule has 9 heterocycles. The van der Waals surface area contributed by atoms with E-state index in [9.17, 15) is 19.9 Å². The number of hydrogen-bond acceptors (Lipinski definition) is 15. The lowest BCUT2D eigenvalue weighted by Gasteiger charge is -2.38. The number of anilines is 5.